The van der Waals surface area contributed by atoms with E-state index in [1.165, 1.54) is 16.5 Å². The van der Waals surface area contributed by atoms with Gasteiger partial charge in [-0.25, -0.2) is 4.57 Å². The Morgan fingerprint density at radius 2 is 1.76 bits per heavy atom. The van der Waals surface area contributed by atoms with E-state index in [0.717, 1.165) is 6.42 Å². The highest BCUT2D eigenvalue weighted by molar-refractivity contribution is 5.75. The average molecular weight is 230 g/mol. The Kier molecular flexibility index (Phi) is 5.14. The number of hydrogen-bond acceptors (Lipinski definition) is 0. The van der Waals surface area contributed by atoms with Crippen molar-refractivity contribution in [2.24, 2.45) is 13.0 Å². The van der Waals surface area contributed by atoms with E-state index < -0.39 is 0 Å². The van der Waals surface area contributed by atoms with Gasteiger partial charge in [-0.15, -0.1) is 0 Å². The minimum atomic E-state index is 0.714. The van der Waals surface area contributed by atoms with Gasteiger partial charge in [0.25, 0.3) is 0 Å². The number of fused-ring (bicyclic) bond motifs is 1. The van der Waals surface area contributed by atoms with Gasteiger partial charge in [0.2, 0.25) is 5.52 Å². The fourth-order valence-electron chi connectivity index (χ4n) is 2.07. The first kappa shape index (κ1) is 13.7. The van der Waals surface area contributed by atoms with Gasteiger partial charge in [-0.2, -0.15) is 0 Å². The maximum absolute atomic E-state index is 2.30. The molecule has 1 aromatic carbocycles. The Bertz CT molecular complexity index is 472. The average Bonchev–Trinajstić information content (AvgIpc) is 2.31. The minimum Gasteiger partial charge on any atom is -0.201 e. The molecular weight excluding hydrogens is 206 g/mol. The van der Waals surface area contributed by atoms with Crippen LogP contribution in [-0.4, -0.2) is 0 Å². The molecule has 1 aromatic heterocycles. The van der Waals surface area contributed by atoms with E-state index in [1.807, 2.05) is 13.8 Å². The van der Waals surface area contributed by atoms with Crippen molar-refractivity contribution < 1.29 is 4.57 Å². The summed E-state index contributed by atoms with van der Waals surface area (Å²) >= 11 is 0. The molecule has 0 aliphatic rings. The second kappa shape index (κ2) is 6.39. The van der Waals surface area contributed by atoms with Crippen LogP contribution in [0.5, 0.6) is 0 Å². The molecule has 17 heavy (non-hydrogen) atoms. The van der Waals surface area contributed by atoms with E-state index in [0.29, 0.717) is 5.92 Å². The summed E-state index contributed by atoms with van der Waals surface area (Å²) in [6.07, 6.45) is 3.39. The molecule has 0 amide bonds. The Morgan fingerprint density at radius 1 is 1.12 bits per heavy atom. The van der Waals surface area contributed by atoms with Crippen LogP contribution >= 0.6 is 0 Å². The number of aromatic nitrogens is 1. The molecule has 1 nitrogen and oxygen atoms in total. The lowest BCUT2D eigenvalue weighted by molar-refractivity contribution is -0.645. The summed E-state index contributed by atoms with van der Waals surface area (Å²) in [4.78, 5) is 0. The van der Waals surface area contributed by atoms with Crippen LogP contribution in [0.1, 0.15) is 33.3 Å². The van der Waals surface area contributed by atoms with E-state index in [4.69, 9.17) is 0 Å². The van der Waals surface area contributed by atoms with Crippen molar-refractivity contribution in [2.45, 2.75) is 34.1 Å². The second-order valence-electron chi connectivity index (χ2n) is 4.62. The van der Waals surface area contributed by atoms with Crippen molar-refractivity contribution in [2.75, 3.05) is 0 Å². The summed E-state index contributed by atoms with van der Waals surface area (Å²) in [5.74, 6) is 0.714. The van der Waals surface area contributed by atoms with Gasteiger partial charge in [-0.1, -0.05) is 39.8 Å². The molecule has 0 fully saturated rings. The van der Waals surface area contributed by atoms with Crippen LogP contribution in [0.2, 0.25) is 0 Å². The standard InChI is InChI=1S/C14H18N.C2H6/c1-11(2)8-12-9-13-6-4-5-7-14(13)15(3)10-12;1-2/h4-7,9-11H,8H2,1-3H3;1-2H3/q+1;. The molecule has 1 heteroatoms. The number of pyridine rings is 1. The van der Waals surface area contributed by atoms with Crippen molar-refractivity contribution in [1.82, 2.24) is 0 Å². The summed E-state index contributed by atoms with van der Waals surface area (Å²) in [5, 5.41) is 1.33. The number of para-hydroxylation sites is 1. The first-order valence-corrected chi connectivity index (χ1v) is 6.54. The van der Waals surface area contributed by atoms with Gasteiger partial charge in [0, 0.05) is 17.0 Å². The molecule has 0 aliphatic heterocycles. The summed E-state index contributed by atoms with van der Waals surface area (Å²) in [7, 11) is 2.12. The van der Waals surface area contributed by atoms with Gasteiger partial charge in [0.05, 0.1) is 0 Å². The van der Waals surface area contributed by atoms with Crippen LogP contribution in [0.4, 0.5) is 0 Å². The Hall–Kier alpha value is -1.37. The summed E-state index contributed by atoms with van der Waals surface area (Å²) in [5.41, 5.74) is 2.72. The number of benzene rings is 1. The predicted octanol–water partition coefficient (Wildman–Crippen LogP) is 3.89. The van der Waals surface area contributed by atoms with Crippen LogP contribution in [0, 0.1) is 5.92 Å². The van der Waals surface area contributed by atoms with Gasteiger partial charge < -0.3 is 0 Å². The largest absolute Gasteiger partial charge is 0.212 e. The lowest BCUT2D eigenvalue weighted by Crippen LogP contribution is -2.29. The van der Waals surface area contributed by atoms with Gasteiger partial charge in [0.1, 0.15) is 7.05 Å². The van der Waals surface area contributed by atoms with Crippen LogP contribution in [0.25, 0.3) is 10.9 Å². The molecule has 0 bridgehead atoms. The van der Waals surface area contributed by atoms with Gasteiger partial charge in [0.15, 0.2) is 6.20 Å². The molecule has 0 N–H and O–H groups in total. The lowest BCUT2D eigenvalue weighted by Gasteiger charge is -2.04. The first-order chi connectivity index (χ1) is 8.16. The smallest absolute Gasteiger partial charge is 0.201 e. The third kappa shape index (κ3) is 3.55. The highest BCUT2D eigenvalue weighted by atomic mass is 14.9. The van der Waals surface area contributed by atoms with Gasteiger partial charge in [-0.3, -0.25) is 0 Å². The molecule has 0 spiro atoms. The number of aryl methyl sites for hydroxylation is 1. The Labute approximate surface area is 105 Å². The van der Waals surface area contributed by atoms with Crippen molar-refractivity contribution >= 4 is 10.9 Å². The second-order valence-corrected chi connectivity index (χ2v) is 4.62. The zero-order valence-corrected chi connectivity index (χ0v) is 11.7. The van der Waals surface area contributed by atoms with E-state index in [1.54, 1.807) is 0 Å². The summed E-state index contributed by atoms with van der Waals surface area (Å²) in [6.45, 7) is 8.52. The monoisotopic (exact) mass is 230 g/mol. The normalized spacial score (nSPS) is 10.2. The number of rotatable bonds is 2. The molecule has 0 aliphatic carbocycles. The highest BCUT2D eigenvalue weighted by Crippen LogP contribution is 2.13. The predicted molar refractivity (Wildman–Crippen MR) is 75.0 cm³/mol. The third-order valence-electron chi connectivity index (χ3n) is 2.66. The van der Waals surface area contributed by atoms with Crippen molar-refractivity contribution in [3.8, 4) is 0 Å². The first-order valence-electron chi connectivity index (χ1n) is 6.54. The lowest BCUT2D eigenvalue weighted by atomic mass is 10.0. The van der Waals surface area contributed by atoms with Crippen molar-refractivity contribution in [1.29, 1.82) is 0 Å². The van der Waals surface area contributed by atoms with Crippen LogP contribution in [0.3, 0.4) is 0 Å². The zero-order valence-electron chi connectivity index (χ0n) is 11.7. The van der Waals surface area contributed by atoms with Gasteiger partial charge >= 0.3 is 0 Å². The molecule has 0 atom stereocenters. The fraction of sp³-hybridized carbons (Fsp3) is 0.438. The zero-order chi connectivity index (χ0) is 12.8. The maximum atomic E-state index is 2.30. The minimum absolute atomic E-state index is 0.714. The van der Waals surface area contributed by atoms with E-state index in [2.05, 4.69) is 62.0 Å². The Balaban J connectivity index is 0.000000686. The van der Waals surface area contributed by atoms with Crippen LogP contribution in [0.15, 0.2) is 36.5 Å². The SMILES string of the molecule is CC.CC(C)Cc1cc2ccccc2[n+](C)c1. The molecule has 2 aromatic rings. The molecule has 0 saturated heterocycles. The molecule has 0 radical (unpaired) electrons. The molecule has 2 rings (SSSR count). The van der Waals surface area contributed by atoms with Crippen molar-refractivity contribution in [3.63, 3.8) is 0 Å². The molecule has 0 unspecified atom stereocenters. The quantitative estimate of drug-likeness (QED) is 0.689. The third-order valence-corrected chi connectivity index (χ3v) is 2.66. The van der Waals surface area contributed by atoms with Gasteiger partial charge in [-0.05, 0) is 24.5 Å². The topological polar surface area (TPSA) is 3.88 Å². The highest BCUT2D eigenvalue weighted by Gasteiger charge is 2.07. The van der Waals surface area contributed by atoms with Crippen molar-refractivity contribution in [3.05, 3.63) is 42.1 Å². The Morgan fingerprint density at radius 3 is 2.41 bits per heavy atom. The van der Waals surface area contributed by atoms with E-state index in [-0.39, 0.29) is 0 Å². The maximum Gasteiger partial charge on any atom is 0.212 e. The number of hydrogen-bond donors (Lipinski definition) is 0. The van der Waals surface area contributed by atoms with E-state index >= 15 is 0 Å². The van der Waals surface area contributed by atoms with Crippen LogP contribution in [-0.2, 0) is 13.5 Å². The summed E-state index contributed by atoms with van der Waals surface area (Å²) in [6, 6.07) is 10.8. The van der Waals surface area contributed by atoms with E-state index in [9.17, 15) is 0 Å². The molecule has 92 valence electrons. The number of nitrogens with zero attached hydrogens (tertiary/aromatic N) is 1. The molecule has 1 heterocycles. The fourth-order valence-corrected chi connectivity index (χ4v) is 2.07. The van der Waals surface area contributed by atoms with Crippen LogP contribution < -0.4 is 4.57 Å². The molecule has 0 saturated carbocycles. The summed E-state index contributed by atoms with van der Waals surface area (Å²) < 4.78 is 2.22. The molecular formula is C16H24N+.